The average molecular weight is 238 g/mol. The van der Waals surface area contributed by atoms with E-state index in [9.17, 15) is 9.90 Å². The fourth-order valence-corrected chi connectivity index (χ4v) is 4.58. The van der Waals surface area contributed by atoms with E-state index in [0.29, 0.717) is 18.3 Å². The van der Waals surface area contributed by atoms with Crippen molar-refractivity contribution in [3.05, 3.63) is 0 Å². The molecule has 17 heavy (non-hydrogen) atoms. The van der Waals surface area contributed by atoms with Crippen LogP contribution in [0.4, 0.5) is 0 Å². The number of carbonyl (C=O) groups is 1. The molecule has 0 amide bonds. The van der Waals surface area contributed by atoms with Crippen LogP contribution in [0.1, 0.15) is 52.4 Å². The summed E-state index contributed by atoms with van der Waals surface area (Å²) in [4.78, 5) is 11.8. The minimum Gasteiger partial charge on any atom is -0.459 e. The van der Waals surface area contributed by atoms with E-state index in [4.69, 9.17) is 4.74 Å². The Kier molecular flexibility index (Phi) is 2.35. The summed E-state index contributed by atoms with van der Waals surface area (Å²) in [5, 5.41) is 10.5. The van der Waals surface area contributed by atoms with Crippen LogP contribution < -0.4 is 0 Å². The van der Waals surface area contributed by atoms with Gasteiger partial charge in [0.25, 0.3) is 0 Å². The Balaban J connectivity index is 1.81. The van der Waals surface area contributed by atoms with Crippen LogP contribution in [-0.2, 0) is 9.53 Å². The van der Waals surface area contributed by atoms with Gasteiger partial charge in [0.2, 0.25) is 0 Å². The van der Waals surface area contributed by atoms with E-state index in [1.165, 1.54) is 6.42 Å². The van der Waals surface area contributed by atoms with Crippen molar-refractivity contribution in [3.63, 3.8) is 0 Å². The Morgan fingerprint density at radius 3 is 2.29 bits per heavy atom. The minimum atomic E-state index is -0.540. The van der Waals surface area contributed by atoms with E-state index < -0.39 is 5.60 Å². The van der Waals surface area contributed by atoms with Gasteiger partial charge < -0.3 is 9.84 Å². The number of hydrogen-bond donors (Lipinski definition) is 1. The molecule has 0 spiro atoms. The molecule has 4 aliphatic rings. The fraction of sp³-hybridized carbons (Fsp3) is 0.929. The summed E-state index contributed by atoms with van der Waals surface area (Å²) in [5.41, 5.74) is -0.873. The summed E-state index contributed by atoms with van der Waals surface area (Å²) >= 11 is 0. The average Bonchev–Trinajstić information content (AvgIpc) is 2.11. The van der Waals surface area contributed by atoms with Crippen molar-refractivity contribution in [1.29, 1.82) is 0 Å². The van der Waals surface area contributed by atoms with Crippen molar-refractivity contribution in [2.24, 2.45) is 17.8 Å². The number of rotatable bonds is 2. The summed E-state index contributed by atoms with van der Waals surface area (Å²) in [6, 6.07) is 0. The Bertz CT molecular complexity index is 333. The highest BCUT2D eigenvalue weighted by atomic mass is 16.6. The summed E-state index contributed by atoms with van der Waals surface area (Å²) < 4.78 is 5.78. The first-order valence-corrected chi connectivity index (χ1v) is 6.85. The molecule has 0 aromatic heterocycles. The summed E-state index contributed by atoms with van der Waals surface area (Å²) in [6.45, 7) is 3.75. The largest absolute Gasteiger partial charge is 0.459 e. The lowest BCUT2D eigenvalue weighted by molar-refractivity contribution is -0.221. The highest BCUT2D eigenvalue weighted by molar-refractivity contribution is 5.72. The second-order valence-corrected chi connectivity index (χ2v) is 6.94. The van der Waals surface area contributed by atoms with Gasteiger partial charge in [0.1, 0.15) is 5.60 Å². The molecule has 4 saturated carbocycles. The van der Waals surface area contributed by atoms with Crippen molar-refractivity contribution in [2.45, 2.75) is 63.6 Å². The third-order valence-electron chi connectivity index (χ3n) is 4.77. The van der Waals surface area contributed by atoms with Crippen LogP contribution in [0.5, 0.6) is 0 Å². The van der Waals surface area contributed by atoms with Crippen LogP contribution >= 0.6 is 0 Å². The zero-order chi connectivity index (χ0) is 12.3. The van der Waals surface area contributed by atoms with Crippen molar-refractivity contribution < 1.29 is 14.6 Å². The molecule has 3 heteroatoms. The molecule has 96 valence electrons. The third-order valence-corrected chi connectivity index (χ3v) is 4.77. The minimum absolute atomic E-state index is 0.0716. The highest BCUT2D eigenvalue weighted by Crippen LogP contribution is 2.58. The molecule has 4 bridgehead atoms. The highest BCUT2D eigenvalue weighted by Gasteiger charge is 2.59. The van der Waals surface area contributed by atoms with Crippen molar-refractivity contribution in [3.8, 4) is 0 Å². The molecule has 4 fully saturated rings. The molecule has 0 heterocycles. The van der Waals surface area contributed by atoms with Gasteiger partial charge in [0.05, 0.1) is 11.5 Å². The molecule has 4 atom stereocenters. The molecule has 0 aliphatic heterocycles. The van der Waals surface area contributed by atoms with Crippen LogP contribution in [0.2, 0.25) is 0 Å². The Morgan fingerprint density at radius 1 is 1.24 bits per heavy atom. The van der Waals surface area contributed by atoms with E-state index in [1.807, 2.05) is 13.8 Å². The monoisotopic (exact) mass is 238 g/mol. The van der Waals surface area contributed by atoms with Gasteiger partial charge in [0.15, 0.2) is 0 Å². The van der Waals surface area contributed by atoms with E-state index in [-0.39, 0.29) is 17.5 Å². The quantitative estimate of drug-likeness (QED) is 0.751. The smallest absolute Gasteiger partial charge is 0.308 e. The van der Waals surface area contributed by atoms with E-state index >= 15 is 0 Å². The van der Waals surface area contributed by atoms with Crippen molar-refractivity contribution in [1.82, 2.24) is 0 Å². The molecular weight excluding hydrogens is 216 g/mol. The number of carbonyl (C=O) groups excluding carboxylic acids is 1. The lowest BCUT2D eigenvalue weighted by Gasteiger charge is -2.59. The molecule has 3 nitrogen and oxygen atoms in total. The van der Waals surface area contributed by atoms with E-state index in [2.05, 4.69) is 0 Å². The number of esters is 1. The molecule has 3 unspecified atom stereocenters. The van der Waals surface area contributed by atoms with Gasteiger partial charge in [-0.25, -0.2) is 0 Å². The predicted octanol–water partition coefficient (Wildman–Crippen LogP) is 2.27. The summed E-state index contributed by atoms with van der Waals surface area (Å²) in [5.74, 6) is 0.968. The van der Waals surface area contributed by atoms with Gasteiger partial charge in [-0.1, -0.05) is 13.8 Å². The maximum atomic E-state index is 11.8. The number of aliphatic hydroxyl groups is 1. The van der Waals surface area contributed by atoms with Gasteiger partial charge in [-0.2, -0.15) is 0 Å². The zero-order valence-electron chi connectivity index (χ0n) is 10.7. The lowest BCUT2D eigenvalue weighted by Crippen LogP contribution is -2.60. The summed E-state index contributed by atoms with van der Waals surface area (Å²) in [7, 11) is 0. The van der Waals surface area contributed by atoms with Gasteiger partial charge in [-0.15, -0.1) is 0 Å². The molecule has 4 rings (SSSR count). The van der Waals surface area contributed by atoms with Gasteiger partial charge >= 0.3 is 5.97 Å². The maximum absolute atomic E-state index is 11.8. The van der Waals surface area contributed by atoms with Gasteiger partial charge in [-0.3, -0.25) is 4.79 Å². The van der Waals surface area contributed by atoms with Crippen LogP contribution in [0, 0.1) is 17.8 Å². The molecule has 0 aromatic carbocycles. The van der Waals surface area contributed by atoms with Gasteiger partial charge in [0, 0.05) is 6.42 Å². The topological polar surface area (TPSA) is 46.5 Å². The SMILES string of the molecule is CC(C)C(=O)OC12CC3C[C@H](CC(O)(C3)C1)C2. The third kappa shape index (κ3) is 1.88. The van der Waals surface area contributed by atoms with E-state index in [0.717, 1.165) is 25.7 Å². The van der Waals surface area contributed by atoms with Crippen LogP contribution in [0.25, 0.3) is 0 Å². The Hall–Kier alpha value is -0.570. The number of ether oxygens (including phenoxy) is 1. The maximum Gasteiger partial charge on any atom is 0.308 e. The first-order chi connectivity index (χ1) is 7.90. The predicted molar refractivity (Wildman–Crippen MR) is 63.3 cm³/mol. The normalized spacial score (nSPS) is 47.5. The second-order valence-electron chi connectivity index (χ2n) is 6.94. The van der Waals surface area contributed by atoms with Crippen LogP contribution in [0.15, 0.2) is 0 Å². The van der Waals surface area contributed by atoms with Crippen molar-refractivity contribution >= 4 is 5.97 Å². The molecule has 4 aliphatic carbocycles. The Morgan fingerprint density at radius 2 is 1.82 bits per heavy atom. The first kappa shape index (κ1) is 11.5. The molecule has 1 N–H and O–H groups in total. The number of hydrogen-bond acceptors (Lipinski definition) is 3. The lowest BCUT2D eigenvalue weighted by atomic mass is 9.52. The van der Waals surface area contributed by atoms with Crippen molar-refractivity contribution in [2.75, 3.05) is 0 Å². The Labute approximate surface area is 103 Å². The molecular formula is C14H22O3. The molecule has 0 aromatic rings. The zero-order valence-corrected chi connectivity index (χ0v) is 10.7. The van der Waals surface area contributed by atoms with Crippen LogP contribution in [0.3, 0.4) is 0 Å². The van der Waals surface area contributed by atoms with Gasteiger partial charge in [-0.05, 0) is 43.9 Å². The molecule has 0 radical (unpaired) electrons. The molecule has 0 saturated heterocycles. The second kappa shape index (κ2) is 3.47. The fourth-order valence-electron chi connectivity index (χ4n) is 4.58. The first-order valence-electron chi connectivity index (χ1n) is 6.85. The standard InChI is InChI=1S/C14H22O3/c1-9(2)12(15)17-14-6-10-3-11(7-14)5-13(16,4-10)8-14/h9-11,16H,3-8H2,1-2H3/t10-,11?,13?,14?/m1/s1. The van der Waals surface area contributed by atoms with E-state index in [1.54, 1.807) is 0 Å². The summed E-state index contributed by atoms with van der Waals surface area (Å²) in [6.07, 6.45) is 5.69. The van der Waals surface area contributed by atoms with Crippen LogP contribution in [-0.4, -0.2) is 22.3 Å².